The number of aryl methyl sites for hydroxylation is 2. The van der Waals surface area contributed by atoms with Crippen LogP contribution in [0.25, 0.3) is 11.0 Å². The molecule has 0 amide bonds. The number of rotatable bonds is 6. The predicted octanol–water partition coefficient (Wildman–Crippen LogP) is 6.60. The molecule has 190 valence electrons. The Bertz CT molecular complexity index is 1570. The molecule has 0 aliphatic heterocycles. The minimum Gasteiger partial charge on any atom is -0.449 e. The summed E-state index contributed by atoms with van der Waals surface area (Å²) in [5, 5.41) is 10.7. The summed E-state index contributed by atoms with van der Waals surface area (Å²) in [4.78, 5) is 35.8. The highest BCUT2D eigenvalue weighted by molar-refractivity contribution is 5.92. The number of hydrogen-bond donors (Lipinski definition) is 0. The van der Waals surface area contributed by atoms with Crippen LogP contribution in [0.4, 0.5) is 18.9 Å². The van der Waals surface area contributed by atoms with E-state index in [1.54, 1.807) is 12.1 Å². The summed E-state index contributed by atoms with van der Waals surface area (Å²) in [7, 11) is 0. The second kappa shape index (κ2) is 9.76. The van der Waals surface area contributed by atoms with E-state index in [1.807, 2.05) is 6.92 Å². The molecule has 1 aromatic heterocycles. The lowest BCUT2D eigenvalue weighted by molar-refractivity contribution is -0.385. The molecule has 0 bridgehead atoms. The van der Waals surface area contributed by atoms with Crippen LogP contribution in [-0.4, -0.2) is 10.9 Å². The number of alkyl halides is 3. The number of halogens is 3. The number of nitro benzene ring substituents is 1. The molecule has 4 rings (SSSR count). The van der Waals surface area contributed by atoms with Crippen molar-refractivity contribution in [1.29, 1.82) is 0 Å². The Morgan fingerprint density at radius 2 is 1.70 bits per heavy atom. The summed E-state index contributed by atoms with van der Waals surface area (Å²) < 4.78 is 56.9. The van der Waals surface area contributed by atoms with Crippen LogP contribution in [0.15, 0.2) is 69.9 Å². The van der Waals surface area contributed by atoms with Crippen LogP contribution in [-0.2, 0) is 12.6 Å². The van der Waals surface area contributed by atoms with Gasteiger partial charge in [-0.15, -0.1) is 0 Å². The van der Waals surface area contributed by atoms with E-state index >= 15 is 0 Å². The molecule has 0 spiro atoms. The molecule has 4 aromatic rings. The Kier molecular flexibility index (Phi) is 6.71. The monoisotopic (exact) mass is 513 g/mol. The Morgan fingerprint density at radius 1 is 1.03 bits per heavy atom. The van der Waals surface area contributed by atoms with E-state index in [-0.39, 0.29) is 33.7 Å². The molecule has 0 N–H and O–H groups in total. The minimum atomic E-state index is -5.06. The molecule has 11 heteroatoms. The van der Waals surface area contributed by atoms with Crippen molar-refractivity contribution < 1.29 is 36.8 Å². The average Bonchev–Trinajstić information content (AvgIpc) is 2.85. The second-order valence-electron chi connectivity index (χ2n) is 7.99. The third-order valence-electron chi connectivity index (χ3n) is 5.47. The largest absolute Gasteiger partial charge is 0.453 e. The Balaban J connectivity index is 1.70. The SMILES string of the molecule is CCc1ccc(Oc2c(C(F)(F)F)oc3cc(OC(=O)c4ccc([N+](=O)[O-])c(C)c4)ccc3c2=O)cc1. The topological polar surface area (TPSA) is 109 Å². The van der Waals surface area contributed by atoms with Crippen molar-refractivity contribution in [3.8, 4) is 17.2 Å². The lowest BCUT2D eigenvalue weighted by Crippen LogP contribution is -2.15. The number of fused-ring (bicyclic) bond motifs is 1. The Labute approximate surface area is 207 Å². The number of hydrogen-bond acceptors (Lipinski definition) is 7. The van der Waals surface area contributed by atoms with Crippen molar-refractivity contribution in [2.75, 3.05) is 0 Å². The molecule has 0 saturated carbocycles. The maximum atomic E-state index is 13.8. The molecule has 0 aliphatic carbocycles. The quantitative estimate of drug-likeness (QED) is 0.124. The lowest BCUT2D eigenvalue weighted by Gasteiger charge is -2.14. The molecule has 0 unspecified atom stereocenters. The van der Waals surface area contributed by atoms with Crippen molar-refractivity contribution in [2.45, 2.75) is 26.4 Å². The fraction of sp³-hybridized carbons (Fsp3) is 0.154. The fourth-order valence-corrected chi connectivity index (χ4v) is 3.56. The average molecular weight is 513 g/mol. The summed E-state index contributed by atoms with van der Waals surface area (Å²) in [6, 6.07) is 13.1. The van der Waals surface area contributed by atoms with Gasteiger partial charge >= 0.3 is 12.1 Å². The van der Waals surface area contributed by atoms with Gasteiger partial charge in [-0.3, -0.25) is 14.9 Å². The van der Waals surface area contributed by atoms with Gasteiger partial charge in [0.25, 0.3) is 11.4 Å². The summed E-state index contributed by atoms with van der Waals surface area (Å²) in [5.41, 5.74) is -0.592. The van der Waals surface area contributed by atoms with Crippen LogP contribution in [0.1, 0.15) is 34.2 Å². The molecule has 0 aliphatic rings. The Morgan fingerprint density at radius 3 is 2.30 bits per heavy atom. The molecule has 3 aromatic carbocycles. The first-order chi connectivity index (χ1) is 17.5. The highest BCUT2D eigenvalue weighted by Gasteiger charge is 2.40. The Hall–Kier alpha value is -4.67. The van der Waals surface area contributed by atoms with Crippen LogP contribution in [0.5, 0.6) is 17.2 Å². The number of nitro groups is 1. The highest BCUT2D eigenvalue weighted by atomic mass is 19.4. The number of esters is 1. The lowest BCUT2D eigenvalue weighted by atomic mass is 10.1. The molecule has 0 atom stereocenters. The molecule has 37 heavy (non-hydrogen) atoms. The molecular formula is C26H18F3NO7. The van der Waals surface area contributed by atoms with E-state index in [4.69, 9.17) is 13.9 Å². The van der Waals surface area contributed by atoms with Gasteiger partial charge in [0, 0.05) is 17.7 Å². The van der Waals surface area contributed by atoms with Gasteiger partial charge in [-0.25, -0.2) is 4.79 Å². The first kappa shape index (κ1) is 25.4. The van der Waals surface area contributed by atoms with Crippen LogP contribution in [0.2, 0.25) is 0 Å². The second-order valence-corrected chi connectivity index (χ2v) is 7.99. The zero-order chi connectivity index (χ0) is 26.9. The standard InChI is InChI=1S/C26H18F3NO7/c1-3-15-4-7-17(8-5-15)35-23-22(31)19-10-9-18(13-21(19)37-24(23)26(27,28)29)36-25(32)16-6-11-20(30(33)34)14(2)12-16/h4-13H,3H2,1-2H3. The van der Waals surface area contributed by atoms with Gasteiger partial charge in [0.15, 0.2) is 0 Å². The van der Waals surface area contributed by atoms with Gasteiger partial charge in [-0.05, 0) is 55.3 Å². The van der Waals surface area contributed by atoms with Crippen LogP contribution in [0.3, 0.4) is 0 Å². The number of ether oxygens (including phenoxy) is 2. The van der Waals surface area contributed by atoms with E-state index in [0.29, 0.717) is 6.42 Å². The van der Waals surface area contributed by atoms with Gasteiger partial charge in [0.2, 0.25) is 11.2 Å². The van der Waals surface area contributed by atoms with Crippen molar-refractivity contribution in [2.24, 2.45) is 0 Å². The normalized spacial score (nSPS) is 11.4. The molecule has 8 nitrogen and oxygen atoms in total. The molecule has 0 radical (unpaired) electrons. The maximum absolute atomic E-state index is 13.8. The zero-order valence-electron chi connectivity index (χ0n) is 19.4. The first-order valence-electron chi connectivity index (χ1n) is 10.9. The van der Waals surface area contributed by atoms with Crippen LogP contribution < -0.4 is 14.9 Å². The van der Waals surface area contributed by atoms with E-state index in [2.05, 4.69) is 0 Å². The summed E-state index contributed by atoms with van der Waals surface area (Å²) in [5.74, 6) is -3.74. The molecular weight excluding hydrogens is 495 g/mol. The third-order valence-corrected chi connectivity index (χ3v) is 5.47. The van der Waals surface area contributed by atoms with Gasteiger partial charge in [-0.2, -0.15) is 13.2 Å². The van der Waals surface area contributed by atoms with E-state index < -0.39 is 39.6 Å². The molecule has 1 heterocycles. The van der Waals surface area contributed by atoms with Gasteiger partial charge in [0.1, 0.15) is 17.1 Å². The minimum absolute atomic E-state index is 0.0153. The maximum Gasteiger partial charge on any atom is 0.453 e. The first-order valence-corrected chi connectivity index (χ1v) is 10.9. The van der Waals surface area contributed by atoms with Gasteiger partial charge in [0.05, 0.1) is 15.9 Å². The van der Waals surface area contributed by atoms with E-state index in [1.165, 1.54) is 37.3 Å². The van der Waals surface area contributed by atoms with Crippen LogP contribution >= 0.6 is 0 Å². The van der Waals surface area contributed by atoms with Crippen molar-refractivity contribution in [1.82, 2.24) is 0 Å². The van der Waals surface area contributed by atoms with Gasteiger partial charge < -0.3 is 13.9 Å². The predicted molar refractivity (Wildman–Crippen MR) is 126 cm³/mol. The highest BCUT2D eigenvalue weighted by Crippen LogP contribution is 2.38. The van der Waals surface area contributed by atoms with Crippen LogP contribution in [0, 0.1) is 17.0 Å². The van der Waals surface area contributed by atoms with Crippen molar-refractivity contribution >= 4 is 22.6 Å². The van der Waals surface area contributed by atoms with E-state index in [9.17, 15) is 32.9 Å². The molecule has 0 fully saturated rings. The van der Waals surface area contributed by atoms with E-state index in [0.717, 1.165) is 23.8 Å². The van der Waals surface area contributed by atoms with Gasteiger partial charge in [-0.1, -0.05) is 19.1 Å². The summed E-state index contributed by atoms with van der Waals surface area (Å²) in [6.45, 7) is 3.35. The summed E-state index contributed by atoms with van der Waals surface area (Å²) >= 11 is 0. The van der Waals surface area contributed by atoms with Crippen molar-refractivity contribution in [3.63, 3.8) is 0 Å². The fourth-order valence-electron chi connectivity index (χ4n) is 3.56. The third kappa shape index (κ3) is 5.30. The number of carbonyl (C=O) groups excluding carboxylic acids is 1. The number of nitrogens with zero attached hydrogens (tertiary/aromatic N) is 1. The number of benzene rings is 3. The number of carbonyl (C=O) groups is 1. The summed E-state index contributed by atoms with van der Waals surface area (Å²) in [6.07, 6.45) is -4.35. The molecule has 0 saturated heterocycles. The smallest absolute Gasteiger partial charge is 0.449 e. The zero-order valence-corrected chi connectivity index (χ0v) is 19.4. The van der Waals surface area contributed by atoms with Crippen molar-refractivity contribution in [3.05, 3.63) is 103 Å².